The van der Waals surface area contributed by atoms with Gasteiger partial charge < -0.3 is 23.7 Å². The molecule has 0 fully saturated rings. The van der Waals surface area contributed by atoms with Crippen molar-refractivity contribution in [3.05, 3.63) is 41.7 Å². The third-order valence-corrected chi connectivity index (χ3v) is 8.12. The predicted molar refractivity (Wildman–Crippen MR) is 140 cm³/mol. The van der Waals surface area contributed by atoms with Crippen LogP contribution in [-0.2, 0) is 35.1 Å². The second-order valence-electron chi connectivity index (χ2n) is 8.22. The molecule has 1 N–H and O–H groups in total. The van der Waals surface area contributed by atoms with Crippen molar-refractivity contribution in [2.45, 2.75) is 27.7 Å². The molecule has 1 atom stereocenters. The van der Waals surface area contributed by atoms with E-state index in [4.69, 9.17) is 16.3 Å². The van der Waals surface area contributed by atoms with Gasteiger partial charge in [-0.25, -0.2) is 25.3 Å². The van der Waals surface area contributed by atoms with Crippen LogP contribution < -0.4 is 71.6 Å². The van der Waals surface area contributed by atoms with E-state index in [1.807, 2.05) is 0 Å². The molecule has 0 radical (unpaired) electrons. The van der Waals surface area contributed by atoms with E-state index in [-0.39, 0.29) is 74.0 Å². The molecule has 0 aliphatic carbocycles. The zero-order valence-corrected chi connectivity index (χ0v) is 27.5. The minimum Gasteiger partial charge on any atom is -0.744 e. The topological polar surface area (TPSA) is 289 Å². The Labute approximate surface area is 302 Å². The Hall–Kier alpha value is -2.40. The van der Waals surface area contributed by atoms with Crippen molar-refractivity contribution in [3.8, 4) is 6.01 Å². The largest absolute Gasteiger partial charge is 1.00 e. The molecule has 0 spiro atoms. The van der Waals surface area contributed by atoms with Crippen molar-refractivity contribution in [1.82, 2.24) is 15.0 Å². The predicted octanol–water partition coefficient (Wildman–Crippen LogP) is -8.12. The Kier molecular flexibility index (Phi) is 14.2. The van der Waals surface area contributed by atoms with Crippen molar-refractivity contribution in [2.24, 2.45) is 15.3 Å². The number of hydrogen-bond acceptors (Lipinski definition) is 18. The molecule has 19 nitrogen and oxygen atoms in total. The molecule has 4 rings (SSSR count). The summed E-state index contributed by atoms with van der Waals surface area (Å²) in [4.78, 5) is 21.1. The van der Waals surface area contributed by atoms with Crippen LogP contribution in [0.25, 0.3) is 0 Å². The number of carbonyl (C=O) groups is 1. The number of hydrazone groups is 1. The maximum atomic E-state index is 13.0. The average molecular weight is 695 g/mol. The molecule has 2 aromatic carbocycles. The normalized spacial score (nSPS) is 15.0. The van der Waals surface area contributed by atoms with Crippen LogP contribution in [0.2, 0.25) is 5.28 Å². The third-order valence-electron chi connectivity index (χ3n) is 5.36. The van der Waals surface area contributed by atoms with Crippen molar-refractivity contribution < 1.29 is 105 Å². The third kappa shape index (κ3) is 9.58. The molecule has 2 heterocycles. The van der Waals surface area contributed by atoms with Crippen LogP contribution in [-0.4, -0.2) is 78.6 Å². The number of anilines is 3. The number of azo groups is 1. The summed E-state index contributed by atoms with van der Waals surface area (Å²) in [6, 6.07) is 3.17. The Morgan fingerprint density at radius 1 is 0.891 bits per heavy atom. The van der Waals surface area contributed by atoms with Gasteiger partial charge in [0, 0.05) is 0 Å². The van der Waals surface area contributed by atoms with Gasteiger partial charge in [-0.15, -0.1) is 0 Å². The van der Waals surface area contributed by atoms with Gasteiger partial charge in [0.2, 0.25) is 11.2 Å². The first-order chi connectivity index (χ1) is 19.9. The summed E-state index contributed by atoms with van der Waals surface area (Å²) in [6.07, 6.45) is 0. The van der Waals surface area contributed by atoms with Gasteiger partial charge in [0.1, 0.15) is 36.0 Å². The van der Waals surface area contributed by atoms with Gasteiger partial charge >= 0.3 is 62.6 Å². The minimum atomic E-state index is -5.42. The molecule has 1 aliphatic heterocycles. The maximum Gasteiger partial charge on any atom is 1.00 e. The summed E-state index contributed by atoms with van der Waals surface area (Å²) in [5, 5.41) is 13.9. The van der Waals surface area contributed by atoms with E-state index in [1.54, 1.807) is 0 Å². The number of carbonyl (C=O) groups excluding carboxylic acids is 1. The Morgan fingerprint density at radius 3 is 2.00 bits per heavy atom. The molecule has 0 unspecified atom stereocenters. The Bertz CT molecular complexity index is 2040. The number of nitrogens with zero attached hydrogens (tertiary/aromatic N) is 7. The van der Waals surface area contributed by atoms with Crippen molar-refractivity contribution in [1.29, 1.82) is 0 Å². The van der Waals surface area contributed by atoms with Gasteiger partial charge in [-0.3, -0.25) is 4.79 Å². The summed E-state index contributed by atoms with van der Waals surface area (Å²) in [5.74, 6) is -1.36. The quantitative estimate of drug-likeness (QED) is 0.124. The van der Waals surface area contributed by atoms with Gasteiger partial charge in [0.05, 0.1) is 38.9 Å². The molecule has 1 amide bonds. The van der Waals surface area contributed by atoms with E-state index >= 15 is 0 Å². The standard InChI is InChI=1S/C20H17ClN8O11S3.3Li/c1-9-16(17(30)29(28-9)10-3-5-11(6-4-10)41(31,32)33)27-26-13-8-14(42(34,35)36)12(7-15(13)43(37,38)39)22-19-23-18(21)24-20(25-19)40-2;;;/h3-8,16H,1-2H3,(H,31,32,33)(H,34,35,36)(H,37,38,39)(H,22,23,24,25);;;/q;3*+1/p-3/t16-;;;/m1.../s1. The van der Waals surface area contributed by atoms with Gasteiger partial charge in [-0.2, -0.15) is 35.3 Å². The first-order valence-corrected chi connectivity index (χ1v) is 15.7. The average Bonchev–Trinajstić information content (AvgIpc) is 3.18. The zero-order valence-electron chi connectivity index (χ0n) is 24.3. The number of halogens is 1. The maximum absolute atomic E-state index is 13.0. The molecule has 3 aromatic rings. The SMILES string of the molecule is COc1nc(Cl)nc(Nc2cc(S(=O)(=O)[O-])c(N=N[C@H]3C(=O)N(c4ccc(S(=O)(=O)[O-])cc4)N=C3C)cc2S(=O)(=O)[O-])n1.[Li+].[Li+].[Li+]. The number of ether oxygens (including phenoxy) is 1. The molecule has 228 valence electrons. The van der Waals surface area contributed by atoms with Gasteiger partial charge in [-0.1, -0.05) is 0 Å². The summed E-state index contributed by atoms with van der Waals surface area (Å²) in [7, 11) is -14.4. The van der Waals surface area contributed by atoms with Crippen molar-refractivity contribution >= 4 is 76.6 Å². The smallest absolute Gasteiger partial charge is 0.744 e. The number of rotatable bonds is 9. The second kappa shape index (κ2) is 15.7. The number of aromatic nitrogens is 3. The molecular formula is C20H14ClLi3N8O11S3. The van der Waals surface area contributed by atoms with Crippen LogP contribution in [0.5, 0.6) is 6.01 Å². The van der Waals surface area contributed by atoms with E-state index in [0.717, 1.165) is 29.3 Å². The Morgan fingerprint density at radius 2 is 1.48 bits per heavy atom. The molecule has 0 bridgehead atoms. The van der Waals surface area contributed by atoms with Crippen LogP contribution in [0.15, 0.2) is 66.4 Å². The molecule has 1 aliphatic rings. The summed E-state index contributed by atoms with van der Waals surface area (Å²) in [6.45, 7) is 1.33. The number of nitrogens with one attached hydrogen (secondary N) is 1. The second-order valence-corrected chi connectivity index (χ2v) is 12.6. The van der Waals surface area contributed by atoms with Gasteiger partial charge in [0.15, 0.2) is 6.04 Å². The molecule has 0 saturated heterocycles. The summed E-state index contributed by atoms with van der Waals surface area (Å²) >= 11 is 5.74. The van der Waals surface area contributed by atoms with Crippen molar-refractivity contribution in [3.63, 3.8) is 0 Å². The van der Waals surface area contributed by atoms with Crippen molar-refractivity contribution in [2.75, 3.05) is 17.4 Å². The number of hydrogen-bond donors (Lipinski definition) is 1. The first-order valence-electron chi connectivity index (χ1n) is 11.1. The van der Waals surface area contributed by atoms with E-state index < -0.39 is 79.6 Å². The first kappa shape index (κ1) is 41.6. The van der Waals surface area contributed by atoms with E-state index in [1.165, 1.54) is 14.0 Å². The molecule has 0 saturated carbocycles. The molecule has 46 heavy (non-hydrogen) atoms. The van der Waals surface area contributed by atoms with Crippen LogP contribution in [0.4, 0.5) is 23.0 Å². The fraction of sp³-hybridized carbons (Fsp3) is 0.150. The van der Waals surface area contributed by atoms with Crippen LogP contribution in [0.1, 0.15) is 6.92 Å². The summed E-state index contributed by atoms with van der Waals surface area (Å²) < 4.78 is 111. The Balaban J connectivity index is 0.00000353. The van der Waals surface area contributed by atoms with E-state index in [2.05, 4.69) is 35.6 Å². The number of amides is 1. The fourth-order valence-corrected chi connectivity index (χ4v) is 5.35. The monoisotopic (exact) mass is 694 g/mol. The van der Waals surface area contributed by atoms with Crippen LogP contribution >= 0.6 is 11.6 Å². The van der Waals surface area contributed by atoms with Crippen LogP contribution in [0, 0.1) is 0 Å². The van der Waals surface area contributed by atoms with Gasteiger partial charge in [-0.05, 0) is 54.9 Å². The van der Waals surface area contributed by atoms with Gasteiger partial charge in [0.25, 0.3) is 5.91 Å². The fourth-order valence-electron chi connectivity index (χ4n) is 3.48. The molecule has 26 heteroatoms. The number of benzene rings is 2. The molecular weight excluding hydrogens is 681 g/mol. The molecule has 1 aromatic heterocycles. The van der Waals surface area contributed by atoms with E-state index in [0.29, 0.717) is 12.1 Å². The zero-order chi connectivity index (χ0) is 31.9. The number of methoxy groups -OCH3 is 1. The summed E-state index contributed by atoms with van der Waals surface area (Å²) in [5.41, 5.74) is -1.64. The van der Waals surface area contributed by atoms with E-state index in [9.17, 15) is 43.7 Å². The van der Waals surface area contributed by atoms with Crippen LogP contribution in [0.3, 0.4) is 0 Å². The minimum absolute atomic E-state index is 0.